The number of carbonyl (C=O) groups is 1. The van der Waals surface area contributed by atoms with Gasteiger partial charge in [0.15, 0.2) is 0 Å². The lowest BCUT2D eigenvalue weighted by molar-refractivity contribution is 0.0998. The van der Waals surface area contributed by atoms with Crippen LogP contribution in [-0.2, 0) is 6.42 Å². The molecule has 104 valence electrons. The molecule has 0 aliphatic carbocycles. The summed E-state index contributed by atoms with van der Waals surface area (Å²) in [7, 11) is 0. The predicted octanol–water partition coefficient (Wildman–Crippen LogP) is 2.73. The molecule has 0 unspecified atom stereocenters. The minimum Gasteiger partial charge on any atom is -0.457 e. The number of benzene rings is 2. The molecule has 0 saturated carbocycles. The van der Waals surface area contributed by atoms with Crippen molar-refractivity contribution in [2.75, 3.05) is 6.54 Å². The standard InChI is InChI=1S/C15H15ClN2O2/c16-11-3-6-14(13(9-11)15(18)19)20-12-4-1-10(2-5-12)7-8-17/h1-6,9H,7-8,17H2,(H2,18,19). The first kappa shape index (κ1) is 14.4. The lowest BCUT2D eigenvalue weighted by Crippen LogP contribution is -2.12. The van der Waals surface area contributed by atoms with Crippen LogP contribution in [0.3, 0.4) is 0 Å². The molecule has 0 aromatic heterocycles. The number of hydrogen-bond acceptors (Lipinski definition) is 3. The van der Waals surface area contributed by atoms with E-state index in [0.29, 0.717) is 23.1 Å². The first-order chi connectivity index (χ1) is 9.60. The van der Waals surface area contributed by atoms with Gasteiger partial charge in [-0.05, 0) is 48.9 Å². The fourth-order valence-electron chi connectivity index (χ4n) is 1.80. The van der Waals surface area contributed by atoms with Crippen molar-refractivity contribution in [3.8, 4) is 11.5 Å². The Bertz CT molecular complexity index is 612. The van der Waals surface area contributed by atoms with Crippen molar-refractivity contribution in [3.63, 3.8) is 0 Å². The van der Waals surface area contributed by atoms with E-state index >= 15 is 0 Å². The SMILES string of the molecule is NCCc1ccc(Oc2ccc(Cl)cc2C(N)=O)cc1. The Labute approximate surface area is 122 Å². The van der Waals surface area contributed by atoms with Crippen LogP contribution in [0.25, 0.3) is 0 Å². The fourth-order valence-corrected chi connectivity index (χ4v) is 1.97. The zero-order valence-electron chi connectivity index (χ0n) is 10.8. The van der Waals surface area contributed by atoms with Crippen LogP contribution >= 0.6 is 11.6 Å². The van der Waals surface area contributed by atoms with Crippen LogP contribution < -0.4 is 16.2 Å². The normalized spacial score (nSPS) is 10.3. The van der Waals surface area contributed by atoms with Gasteiger partial charge in [0.05, 0.1) is 5.56 Å². The molecular weight excluding hydrogens is 276 g/mol. The summed E-state index contributed by atoms with van der Waals surface area (Å²) in [5.41, 5.74) is 12.2. The molecule has 2 aromatic carbocycles. The van der Waals surface area contributed by atoms with E-state index in [1.807, 2.05) is 24.3 Å². The average Bonchev–Trinajstić information content (AvgIpc) is 2.43. The molecule has 0 aliphatic rings. The van der Waals surface area contributed by atoms with Crippen LogP contribution in [0.5, 0.6) is 11.5 Å². The van der Waals surface area contributed by atoms with Crippen LogP contribution in [0.1, 0.15) is 15.9 Å². The minimum atomic E-state index is -0.581. The molecule has 0 spiro atoms. The number of ether oxygens (including phenoxy) is 1. The van der Waals surface area contributed by atoms with E-state index in [9.17, 15) is 4.79 Å². The molecule has 0 saturated heterocycles. The molecule has 0 bridgehead atoms. The molecule has 1 amide bonds. The van der Waals surface area contributed by atoms with Crippen molar-refractivity contribution in [1.29, 1.82) is 0 Å². The van der Waals surface area contributed by atoms with E-state index in [2.05, 4.69) is 0 Å². The maximum Gasteiger partial charge on any atom is 0.252 e. The van der Waals surface area contributed by atoms with Gasteiger partial charge in [0.25, 0.3) is 5.91 Å². The summed E-state index contributed by atoms with van der Waals surface area (Å²) in [6.45, 7) is 0.600. The van der Waals surface area contributed by atoms with Gasteiger partial charge in [0.1, 0.15) is 11.5 Å². The molecule has 2 aromatic rings. The highest BCUT2D eigenvalue weighted by Crippen LogP contribution is 2.27. The number of primary amides is 1. The zero-order chi connectivity index (χ0) is 14.5. The quantitative estimate of drug-likeness (QED) is 0.888. The molecule has 5 heteroatoms. The summed E-state index contributed by atoms with van der Waals surface area (Å²) in [6.07, 6.45) is 0.813. The molecule has 0 fully saturated rings. The molecule has 20 heavy (non-hydrogen) atoms. The van der Waals surface area contributed by atoms with Gasteiger partial charge in [0.2, 0.25) is 0 Å². The van der Waals surface area contributed by atoms with Crippen molar-refractivity contribution in [2.24, 2.45) is 11.5 Å². The third-order valence-corrected chi connectivity index (χ3v) is 3.03. The van der Waals surface area contributed by atoms with Crippen LogP contribution in [0.2, 0.25) is 5.02 Å². The van der Waals surface area contributed by atoms with Crippen LogP contribution in [0.15, 0.2) is 42.5 Å². The molecule has 0 radical (unpaired) electrons. The number of carbonyl (C=O) groups excluding carboxylic acids is 1. The lowest BCUT2D eigenvalue weighted by atomic mass is 10.1. The molecular formula is C15H15ClN2O2. The largest absolute Gasteiger partial charge is 0.457 e. The first-order valence-electron chi connectivity index (χ1n) is 6.16. The lowest BCUT2D eigenvalue weighted by Gasteiger charge is -2.10. The summed E-state index contributed by atoms with van der Waals surface area (Å²) in [6, 6.07) is 12.3. The van der Waals surface area contributed by atoms with E-state index in [1.54, 1.807) is 12.1 Å². The smallest absolute Gasteiger partial charge is 0.252 e. The Morgan fingerprint density at radius 1 is 1.15 bits per heavy atom. The number of halogens is 1. The van der Waals surface area contributed by atoms with Crippen molar-refractivity contribution in [2.45, 2.75) is 6.42 Å². The molecule has 0 heterocycles. The van der Waals surface area contributed by atoms with Gasteiger partial charge in [-0.25, -0.2) is 0 Å². The third kappa shape index (κ3) is 3.50. The van der Waals surface area contributed by atoms with Crippen LogP contribution in [0.4, 0.5) is 0 Å². The second-order valence-electron chi connectivity index (χ2n) is 4.29. The Hall–Kier alpha value is -2.04. The van der Waals surface area contributed by atoms with Gasteiger partial charge in [-0.3, -0.25) is 4.79 Å². The summed E-state index contributed by atoms with van der Waals surface area (Å²) < 4.78 is 5.67. The van der Waals surface area contributed by atoms with Gasteiger partial charge in [-0.2, -0.15) is 0 Å². The first-order valence-corrected chi connectivity index (χ1v) is 6.54. The summed E-state index contributed by atoms with van der Waals surface area (Å²) in [5, 5.41) is 0.435. The Morgan fingerprint density at radius 2 is 1.85 bits per heavy atom. The maximum absolute atomic E-state index is 11.4. The van der Waals surface area contributed by atoms with Gasteiger partial charge in [-0.1, -0.05) is 23.7 Å². The Balaban J connectivity index is 2.23. The third-order valence-electron chi connectivity index (χ3n) is 2.79. The Morgan fingerprint density at radius 3 is 2.45 bits per heavy atom. The molecule has 0 atom stereocenters. The fraction of sp³-hybridized carbons (Fsp3) is 0.133. The number of rotatable bonds is 5. The van der Waals surface area contributed by atoms with Crippen molar-refractivity contribution < 1.29 is 9.53 Å². The maximum atomic E-state index is 11.4. The summed E-state index contributed by atoms with van der Waals surface area (Å²) >= 11 is 5.84. The van der Waals surface area contributed by atoms with Crippen molar-refractivity contribution >= 4 is 17.5 Å². The number of amides is 1. The topological polar surface area (TPSA) is 78.3 Å². The number of hydrogen-bond donors (Lipinski definition) is 2. The molecule has 4 N–H and O–H groups in total. The van der Waals surface area contributed by atoms with Gasteiger partial charge >= 0.3 is 0 Å². The van der Waals surface area contributed by atoms with E-state index in [-0.39, 0.29) is 5.56 Å². The van der Waals surface area contributed by atoms with Crippen molar-refractivity contribution in [3.05, 3.63) is 58.6 Å². The van der Waals surface area contributed by atoms with E-state index < -0.39 is 5.91 Å². The van der Waals surface area contributed by atoms with Gasteiger partial charge < -0.3 is 16.2 Å². The average molecular weight is 291 g/mol. The van der Waals surface area contributed by atoms with E-state index in [1.165, 1.54) is 6.07 Å². The van der Waals surface area contributed by atoms with Gasteiger partial charge in [0, 0.05) is 5.02 Å². The van der Waals surface area contributed by atoms with E-state index in [0.717, 1.165) is 12.0 Å². The highest BCUT2D eigenvalue weighted by atomic mass is 35.5. The zero-order valence-corrected chi connectivity index (χ0v) is 11.6. The molecule has 0 aliphatic heterocycles. The second-order valence-corrected chi connectivity index (χ2v) is 4.73. The highest BCUT2D eigenvalue weighted by Gasteiger charge is 2.11. The molecule has 4 nitrogen and oxygen atoms in total. The second kappa shape index (κ2) is 6.41. The van der Waals surface area contributed by atoms with Crippen molar-refractivity contribution in [1.82, 2.24) is 0 Å². The molecule has 2 rings (SSSR count). The minimum absolute atomic E-state index is 0.253. The Kier molecular flexibility index (Phi) is 4.61. The predicted molar refractivity (Wildman–Crippen MR) is 79.2 cm³/mol. The van der Waals surface area contributed by atoms with Crippen LogP contribution in [-0.4, -0.2) is 12.5 Å². The monoisotopic (exact) mass is 290 g/mol. The van der Waals surface area contributed by atoms with E-state index in [4.69, 9.17) is 27.8 Å². The summed E-state index contributed by atoms with van der Waals surface area (Å²) in [5.74, 6) is 0.423. The van der Waals surface area contributed by atoms with Gasteiger partial charge in [-0.15, -0.1) is 0 Å². The highest BCUT2D eigenvalue weighted by molar-refractivity contribution is 6.31. The van der Waals surface area contributed by atoms with Crippen LogP contribution in [0, 0.1) is 0 Å². The number of nitrogens with two attached hydrogens (primary N) is 2. The summed E-state index contributed by atoms with van der Waals surface area (Å²) in [4.78, 5) is 11.4.